The van der Waals surface area contributed by atoms with Crippen LogP contribution in [0.3, 0.4) is 0 Å². The van der Waals surface area contributed by atoms with E-state index < -0.39 is 11.6 Å². The van der Waals surface area contributed by atoms with Crippen LogP contribution < -0.4 is 0 Å². The summed E-state index contributed by atoms with van der Waals surface area (Å²) in [6.45, 7) is 4.04. The zero-order valence-electron chi connectivity index (χ0n) is 21.7. The third kappa shape index (κ3) is 6.60. The second kappa shape index (κ2) is 12.8. The molecule has 36 heavy (non-hydrogen) atoms. The molecule has 0 heterocycles. The Hall–Kier alpha value is -3.00. The molecular weight excluding hydrogens is 446 g/mol. The lowest BCUT2D eigenvalue weighted by molar-refractivity contribution is 0.376. The summed E-state index contributed by atoms with van der Waals surface area (Å²) in [5, 5.41) is 0. The number of benzene rings is 3. The van der Waals surface area contributed by atoms with Gasteiger partial charge in [0.05, 0.1) is 0 Å². The van der Waals surface area contributed by atoms with Crippen molar-refractivity contribution < 1.29 is 8.78 Å². The Morgan fingerprint density at radius 3 is 2.08 bits per heavy atom. The molecule has 0 aromatic heterocycles. The highest BCUT2D eigenvalue weighted by molar-refractivity contribution is 5.64. The quantitative estimate of drug-likeness (QED) is 0.265. The number of halogens is 2. The van der Waals surface area contributed by atoms with Crippen LogP contribution in [0.5, 0.6) is 0 Å². The van der Waals surface area contributed by atoms with Gasteiger partial charge < -0.3 is 0 Å². The summed E-state index contributed by atoms with van der Waals surface area (Å²) in [5.74, 6) is -0.411. The molecule has 0 spiro atoms. The molecule has 0 amide bonds. The van der Waals surface area contributed by atoms with E-state index in [9.17, 15) is 8.78 Å². The standard InChI is InChI=1S/C34H38F2/c1-3-5-6-8-25-9-14-27(15-10-25)29-19-21-30(22-20-29)28-16-11-26(12-17-28)13-18-32-24-23-31(7-4-2)33(35)34(32)36/h3,5,9-10,13-15,18-24,26,28H,4,6-8,11-12,16-17H2,1-2H3/b5-3+,18-13+. The zero-order valence-corrected chi connectivity index (χ0v) is 21.7. The number of allylic oxidation sites excluding steroid dienone is 3. The van der Waals surface area contributed by atoms with Crippen LogP contribution in [0.25, 0.3) is 17.2 Å². The van der Waals surface area contributed by atoms with Crippen molar-refractivity contribution in [1.82, 2.24) is 0 Å². The van der Waals surface area contributed by atoms with Crippen molar-refractivity contribution in [3.05, 3.63) is 113 Å². The van der Waals surface area contributed by atoms with E-state index in [0.29, 0.717) is 29.4 Å². The predicted octanol–water partition coefficient (Wildman–Crippen LogP) is 10.1. The first-order valence-electron chi connectivity index (χ1n) is 13.5. The van der Waals surface area contributed by atoms with Crippen LogP contribution in [0.4, 0.5) is 8.78 Å². The molecule has 0 radical (unpaired) electrons. The summed E-state index contributed by atoms with van der Waals surface area (Å²) in [4.78, 5) is 0. The highest BCUT2D eigenvalue weighted by atomic mass is 19.2. The minimum Gasteiger partial charge on any atom is -0.203 e. The van der Waals surface area contributed by atoms with Crippen molar-refractivity contribution in [2.45, 2.75) is 71.1 Å². The van der Waals surface area contributed by atoms with E-state index in [4.69, 9.17) is 0 Å². The fourth-order valence-electron chi connectivity index (χ4n) is 5.31. The van der Waals surface area contributed by atoms with Gasteiger partial charge in [0.15, 0.2) is 11.6 Å². The molecule has 1 aliphatic carbocycles. The SMILES string of the molecule is C/C=C/CCc1ccc(-c2ccc(C3CCC(/C=C/c4ccc(CCC)c(F)c4F)CC3)cc2)cc1. The first kappa shape index (κ1) is 26.1. The lowest BCUT2D eigenvalue weighted by Gasteiger charge is -2.27. The van der Waals surface area contributed by atoms with Crippen LogP contribution in [-0.2, 0) is 12.8 Å². The Morgan fingerprint density at radius 2 is 1.44 bits per heavy atom. The third-order valence-electron chi connectivity index (χ3n) is 7.54. The number of rotatable bonds is 9. The monoisotopic (exact) mass is 484 g/mol. The van der Waals surface area contributed by atoms with E-state index in [-0.39, 0.29) is 0 Å². The van der Waals surface area contributed by atoms with Crippen molar-refractivity contribution in [1.29, 1.82) is 0 Å². The topological polar surface area (TPSA) is 0 Å². The highest BCUT2D eigenvalue weighted by Gasteiger charge is 2.21. The van der Waals surface area contributed by atoms with Crippen LogP contribution in [0, 0.1) is 17.6 Å². The molecule has 1 saturated carbocycles. The van der Waals surface area contributed by atoms with Crippen LogP contribution in [-0.4, -0.2) is 0 Å². The van der Waals surface area contributed by atoms with Crippen molar-refractivity contribution in [3.8, 4) is 11.1 Å². The van der Waals surface area contributed by atoms with Gasteiger partial charge >= 0.3 is 0 Å². The largest absolute Gasteiger partial charge is 0.203 e. The van der Waals surface area contributed by atoms with Gasteiger partial charge in [0.2, 0.25) is 0 Å². The maximum absolute atomic E-state index is 14.4. The second-order valence-electron chi connectivity index (χ2n) is 10.1. The minimum atomic E-state index is -0.714. The van der Waals surface area contributed by atoms with Gasteiger partial charge in [-0.05, 0) is 91.5 Å². The molecule has 0 unspecified atom stereocenters. The summed E-state index contributed by atoms with van der Waals surface area (Å²) in [7, 11) is 0. The zero-order chi connectivity index (χ0) is 25.3. The van der Waals surface area contributed by atoms with Crippen LogP contribution in [0.1, 0.15) is 80.5 Å². The van der Waals surface area contributed by atoms with Gasteiger partial charge in [-0.2, -0.15) is 0 Å². The van der Waals surface area contributed by atoms with Crippen LogP contribution in [0.15, 0.2) is 78.9 Å². The van der Waals surface area contributed by atoms with Crippen LogP contribution in [0.2, 0.25) is 0 Å². The van der Waals surface area contributed by atoms with E-state index in [1.165, 1.54) is 22.3 Å². The lowest BCUT2D eigenvalue weighted by atomic mass is 9.78. The van der Waals surface area contributed by atoms with E-state index >= 15 is 0 Å². The van der Waals surface area contributed by atoms with Gasteiger partial charge in [-0.15, -0.1) is 0 Å². The third-order valence-corrected chi connectivity index (χ3v) is 7.54. The molecule has 0 bridgehead atoms. The van der Waals surface area contributed by atoms with E-state index in [1.54, 1.807) is 18.2 Å². The molecule has 1 aliphatic rings. The molecule has 0 atom stereocenters. The summed E-state index contributed by atoms with van der Waals surface area (Å²) in [6.07, 6.45) is 16.1. The van der Waals surface area contributed by atoms with E-state index in [0.717, 1.165) is 44.9 Å². The molecule has 0 saturated heterocycles. The highest BCUT2D eigenvalue weighted by Crippen LogP contribution is 2.37. The maximum Gasteiger partial charge on any atom is 0.166 e. The molecular formula is C34H38F2. The lowest BCUT2D eigenvalue weighted by Crippen LogP contribution is -2.11. The molecule has 0 N–H and O–H groups in total. The van der Waals surface area contributed by atoms with Crippen molar-refractivity contribution in [2.24, 2.45) is 5.92 Å². The fraction of sp³-hybridized carbons (Fsp3) is 0.353. The second-order valence-corrected chi connectivity index (χ2v) is 10.1. The van der Waals surface area contributed by atoms with Crippen molar-refractivity contribution in [2.75, 3.05) is 0 Å². The Bertz CT molecular complexity index is 1160. The molecule has 188 valence electrons. The van der Waals surface area contributed by atoms with Crippen molar-refractivity contribution in [3.63, 3.8) is 0 Å². The molecule has 2 heteroatoms. The predicted molar refractivity (Wildman–Crippen MR) is 149 cm³/mol. The maximum atomic E-state index is 14.4. The Morgan fingerprint density at radius 1 is 0.778 bits per heavy atom. The Labute approximate surface area is 215 Å². The normalized spacial score (nSPS) is 18.3. The summed E-state index contributed by atoms with van der Waals surface area (Å²) < 4.78 is 28.7. The van der Waals surface area contributed by atoms with Gasteiger partial charge in [0.25, 0.3) is 0 Å². The van der Waals surface area contributed by atoms with Crippen LogP contribution >= 0.6 is 0 Å². The summed E-state index contributed by atoms with van der Waals surface area (Å²) >= 11 is 0. The van der Waals surface area contributed by atoms with Gasteiger partial charge in [0, 0.05) is 5.56 Å². The average Bonchev–Trinajstić information content (AvgIpc) is 2.92. The number of hydrogen-bond acceptors (Lipinski definition) is 0. The van der Waals surface area contributed by atoms with Gasteiger partial charge in [-0.25, -0.2) is 8.78 Å². The molecule has 3 aromatic carbocycles. The first-order chi connectivity index (χ1) is 17.6. The minimum absolute atomic E-state index is 0.357. The van der Waals surface area contributed by atoms with Crippen molar-refractivity contribution >= 4 is 6.08 Å². The molecule has 3 aromatic rings. The molecule has 0 nitrogen and oxygen atoms in total. The number of hydrogen-bond donors (Lipinski definition) is 0. The average molecular weight is 485 g/mol. The van der Waals surface area contributed by atoms with Gasteiger partial charge in [-0.3, -0.25) is 0 Å². The van der Waals surface area contributed by atoms with E-state index in [1.807, 2.05) is 6.92 Å². The van der Waals surface area contributed by atoms with Gasteiger partial charge in [-0.1, -0.05) is 98.3 Å². The molecule has 1 fully saturated rings. The van der Waals surface area contributed by atoms with E-state index in [2.05, 4.69) is 73.7 Å². The molecule has 4 rings (SSSR count). The summed E-state index contributed by atoms with van der Waals surface area (Å²) in [5.41, 5.74) is 6.13. The number of aryl methyl sites for hydroxylation is 2. The molecule has 0 aliphatic heterocycles. The summed E-state index contributed by atoms with van der Waals surface area (Å²) in [6, 6.07) is 21.4. The Balaban J connectivity index is 1.31. The smallest absolute Gasteiger partial charge is 0.166 e. The first-order valence-corrected chi connectivity index (χ1v) is 13.5. The Kier molecular flexibility index (Phi) is 9.28. The fourth-order valence-corrected chi connectivity index (χ4v) is 5.31. The van der Waals surface area contributed by atoms with Gasteiger partial charge in [0.1, 0.15) is 0 Å².